The average Bonchev–Trinajstić information content (AvgIpc) is 3.30. The van der Waals surface area contributed by atoms with E-state index in [1.807, 2.05) is 36.4 Å². The largest absolute Gasteiger partial charge is 0.497 e. The van der Waals surface area contributed by atoms with Crippen molar-refractivity contribution in [3.05, 3.63) is 42.0 Å². The minimum atomic E-state index is -0.329. The first-order valence-corrected chi connectivity index (χ1v) is 8.51. The number of carbonyl (C=O) groups excluding carboxylic acids is 3. The van der Waals surface area contributed by atoms with Gasteiger partial charge in [0.2, 0.25) is 17.7 Å². The van der Waals surface area contributed by atoms with Crippen LogP contribution in [0.5, 0.6) is 5.75 Å². The Morgan fingerprint density at radius 2 is 1.88 bits per heavy atom. The van der Waals surface area contributed by atoms with Crippen LogP contribution in [-0.2, 0) is 20.9 Å². The fourth-order valence-corrected chi connectivity index (χ4v) is 4.30. The van der Waals surface area contributed by atoms with E-state index in [1.165, 1.54) is 0 Å². The Morgan fingerprint density at radius 3 is 2.52 bits per heavy atom. The molecule has 1 aromatic rings. The smallest absolute Gasteiger partial charge is 0.240 e. The highest BCUT2D eigenvalue weighted by atomic mass is 16.5. The van der Waals surface area contributed by atoms with E-state index in [4.69, 9.17) is 4.74 Å². The minimum absolute atomic E-state index is 0.163. The lowest BCUT2D eigenvalue weighted by Crippen LogP contribution is -2.41. The van der Waals surface area contributed by atoms with E-state index in [0.717, 1.165) is 16.9 Å². The number of ether oxygens (including phenoxy) is 1. The first-order chi connectivity index (χ1) is 12.1. The summed E-state index contributed by atoms with van der Waals surface area (Å²) in [6, 6.07) is 7.38. The van der Waals surface area contributed by atoms with Crippen molar-refractivity contribution in [3.8, 4) is 5.75 Å². The lowest BCUT2D eigenvalue weighted by molar-refractivity contribution is -0.144. The standard InChI is InChI=1S/C19H20N2O4/c1-25-14-4-2-3-11(7-14)9-20-15(22)10-21-18(23)16-12-5-6-13(8-12)17(16)19(21)24/h2-7,12-13,16-17H,8-10H2,1H3,(H,20,22)/t12-,13-,16-,17-/m0/s1. The SMILES string of the molecule is COc1cccc(CNC(=O)CN2C(=O)[C@@H]3[C@@H](C2=O)[C@H]2C=C[C@H]3C2)c1. The van der Waals surface area contributed by atoms with Crippen molar-refractivity contribution < 1.29 is 19.1 Å². The second-order valence-electron chi connectivity index (χ2n) is 6.89. The number of nitrogens with one attached hydrogen (secondary N) is 1. The second-order valence-corrected chi connectivity index (χ2v) is 6.89. The van der Waals surface area contributed by atoms with Gasteiger partial charge in [-0.2, -0.15) is 0 Å². The molecule has 1 heterocycles. The number of benzene rings is 1. The van der Waals surface area contributed by atoms with Crippen LogP contribution in [0.4, 0.5) is 0 Å². The van der Waals surface area contributed by atoms with Crippen LogP contribution in [0.25, 0.3) is 0 Å². The van der Waals surface area contributed by atoms with E-state index in [9.17, 15) is 14.4 Å². The normalized spacial score (nSPS) is 29.2. The third kappa shape index (κ3) is 2.62. The Morgan fingerprint density at radius 1 is 1.20 bits per heavy atom. The number of methoxy groups -OCH3 is 1. The van der Waals surface area contributed by atoms with Gasteiger partial charge < -0.3 is 10.1 Å². The summed E-state index contributed by atoms with van der Waals surface area (Å²) in [5.74, 6) is -0.182. The molecule has 0 spiro atoms. The highest BCUT2D eigenvalue weighted by Gasteiger charge is 2.59. The third-order valence-corrected chi connectivity index (χ3v) is 5.49. The summed E-state index contributed by atoms with van der Waals surface area (Å²) >= 11 is 0. The predicted molar refractivity (Wildman–Crippen MR) is 89.3 cm³/mol. The van der Waals surface area contributed by atoms with Crippen LogP contribution in [0.15, 0.2) is 36.4 Å². The Labute approximate surface area is 145 Å². The summed E-state index contributed by atoms with van der Waals surface area (Å²) < 4.78 is 5.15. The van der Waals surface area contributed by atoms with Gasteiger partial charge >= 0.3 is 0 Å². The first kappa shape index (κ1) is 15.9. The van der Waals surface area contributed by atoms with Gasteiger partial charge in [-0.15, -0.1) is 0 Å². The summed E-state index contributed by atoms with van der Waals surface area (Å²) in [5.41, 5.74) is 0.894. The van der Waals surface area contributed by atoms with Gasteiger partial charge in [0.05, 0.1) is 18.9 Å². The van der Waals surface area contributed by atoms with Gasteiger partial charge in [-0.1, -0.05) is 24.3 Å². The highest BCUT2D eigenvalue weighted by molar-refractivity contribution is 6.08. The fourth-order valence-electron chi connectivity index (χ4n) is 4.30. The molecule has 3 aliphatic rings. The molecule has 1 aromatic carbocycles. The molecule has 3 amide bonds. The molecule has 130 valence electrons. The minimum Gasteiger partial charge on any atom is -0.497 e. The van der Waals surface area contributed by atoms with E-state index in [1.54, 1.807) is 7.11 Å². The number of imide groups is 1. The van der Waals surface area contributed by atoms with Crippen LogP contribution in [-0.4, -0.2) is 36.3 Å². The topological polar surface area (TPSA) is 75.7 Å². The maximum Gasteiger partial charge on any atom is 0.240 e. The molecule has 2 fully saturated rings. The molecular weight excluding hydrogens is 320 g/mol. The Kier molecular flexibility index (Phi) is 3.82. The van der Waals surface area contributed by atoms with Gasteiger partial charge in [0, 0.05) is 6.54 Å². The van der Waals surface area contributed by atoms with Gasteiger partial charge in [-0.3, -0.25) is 19.3 Å². The maximum absolute atomic E-state index is 12.6. The molecule has 0 radical (unpaired) electrons. The number of allylic oxidation sites excluding steroid dienone is 2. The molecule has 4 rings (SSSR count). The van der Waals surface area contributed by atoms with Crippen LogP contribution in [0.3, 0.4) is 0 Å². The zero-order valence-corrected chi connectivity index (χ0v) is 14.0. The number of fused-ring (bicyclic) bond motifs is 5. The van der Waals surface area contributed by atoms with Crippen molar-refractivity contribution in [1.29, 1.82) is 0 Å². The molecule has 1 saturated carbocycles. The second kappa shape index (κ2) is 6.02. The summed E-state index contributed by atoms with van der Waals surface area (Å²) in [6.07, 6.45) is 4.98. The number of hydrogen-bond acceptors (Lipinski definition) is 4. The number of hydrogen-bond donors (Lipinski definition) is 1. The molecule has 1 saturated heterocycles. The Balaban J connectivity index is 1.37. The molecule has 1 aliphatic heterocycles. The predicted octanol–water partition coefficient (Wildman–Crippen LogP) is 1.12. The van der Waals surface area contributed by atoms with Gasteiger partial charge in [0.1, 0.15) is 12.3 Å². The summed E-state index contributed by atoms with van der Waals surface area (Å²) in [7, 11) is 1.58. The first-order valence-electron chi connectivity index (χ1n) is 8.51. The van der Waals surface area contributed by atoms with Gasteiger partial charge in [-0.25, -0.2) is 0 Å². The van der Waals surface area contributed by atoms with Crippen LogP contribution < -0.4 is 10.1 Å². The molecule has 2 aliphatic carbocycles. The summed E-state index contributed by atoms with van der Waals surface area (Å²) in [5, 5.41) is 2.77. The molecule has 4 atom stereocenters. The van der Waals surface area contributed by atoms with Crippen molar-refractivity contribution in [1.82, 2.24) is 10.2 Å². The quantitative estimate of drug-likeness (QED) is 0.644. The number of likely N-dealkylation sites (tertiary alicyclic amines) is 1. The fraction of sp³-hybridized carbons (Fsp3) is 0.421. The number of rotatable bonds is 5. The van der Waals surface area contributed by atoms with Crippen molar-refractivity contribution >= 4 is 17.7 Å². The van der Waals surface area contributed by atoms with E-state index >= 15 is 0 Å². The monoisotopic (exact) mass is 340 g/mol. The number of carbonyl (C=O) groups is 3. The maximum atomic E-state index is 12.6. The average molecular weight is 340 g/mol. The molecular formula is C19H20N2O4. The van der Waals surface area contributed by atoms with Crippen LogP contribution in [0, 0.1) is 23.7 Å². The molecule has 25 heavy (non-hydrogen) atoms. The highest BCUT2D eigenvalue weighted by Crippen LogP contribution is 2.52. The molecule has 0 aromatic heterocycles. The van der Waals surface area contributed by atoms with Crippen LogP contribution in [0.1, 0.15) is 12.0 Å². The Hall–Kier alpha value is -2.63. The van der Waals surface area contributed by atoms with Gasteiger partial charge in [0.25, 0.3) is 0 Å². The van der Waals surface area contributed by atoms with Crippen LogP contribution >= 0.6 is 0 Å². The lowest BCUT2D eigenvalue weighted by atomic mass is 9.85. The summed E-state index contributed by atoms with van der Waals surface area (Å²) in [4.78, 5) is 38.5. The molecule has 6 nitrogen and oxygen atoms in total. The van der Waals surface area contributed by atoms with Crippen molar-refractivity contribution in [2.24, 2.45) is 23.7 Å². The zero-order valence-electron chi connectivity index (χ0n) is 14.0. The third-order valence-electron chi connectivity index (χ3n) is 5.49. The van der Waals surface area contributed by atoms with E-state index in [-0.39, 0.29) is 47.9 Å². The molecule has 2 bridgehead atoms. The van der Waals surface area contributed by atoms with Crippen molar-refractivity contribution in [2.75, 3.05) is 13.7 Å². The van der Waals surface area contributed by atoms with E-state index in [0.29, 0.717) is 12.3 Å². The lowest BCUT2D eigenvalue weighted by Gasteiger charge is -2.16. The molecule has 6 heteroatoms. The van der Waals surface area contributed by atoms with Gasteiger partial charge in [0.15, 0.2) is 0 Å². The molecule has 0 unspecified atom stereocenters. The number of amides is 3. The van der Waals surface area contributed by atoms with Gasteiger partial charge in [-0.05, 0) is 36.0 Å². The number of nitrogens with zero attached hydrogens (tertiary/aromatic N) is 1. The molecule has 1 N–H and O–H groups in total. The van der Waals surface area contributed by atoms with Crippen LogP contribution in [0.2, 0.25) is 0 Å². The van der Waals surface area contributed by atoms with Crippen molar-refractivity contribution in [3.63, 3.8) is 0 Å². The summed E-state index contributed by atoms with van der Waals surface area (Å²) in [6.45, 7) is 0.125. The van der Waals surface area contributed by atoms with E-state index in [2.05, 4.69) is 5.32 Å². The van der Waals surface area contributed by atoms with Crippen molar-refractivity contribution in [2.45, 2.75) is 13.0 Å². The van der Waals surface area contributed by atoms with E-state index < -0.39 is 0 Å². The Bertz CT molecular complexity index is 742. The zero-order chi connectivity index (χ0) is 17.6.